The van der Waals surface area contributed by atoms with Gasteiger partial charge >= 0.3 is 5.97 Å². The van der Waals surface area contributed by atoms with Crippen molar-refractivity contribution in [1.29, 1.82) is 0 Å². The van der Waals surface area contributed by atoms with E-state index in [0.717, 1.165) is 0 Å². The fourth-order valence-corrected chi connectivity index (χ4v) is 1.72. The Kier molecular flexibility index (Phi) is 5.41. The van der Waals surface area contributed by atoms with E-state index in [1.165, 1.54) is 0 Å². The first kappa shape index (κ1) is 15.1. The van der Waals surface area contributed by atoms with Gasteiger partial charge in [-0.1, -0.05) is 13.3 Å². The fraction of sp³-hybridized carbons (Fsp3) is 0.538. The third-order valence-electron chi connectivity index (χ3n) is 2.94. The van der Waals surface area contributed by atoms with Crippen LogP contribution < -0.4 is 5.32 Å². The summed E-state index contributed by atoms with van der Waals surface area (Å²) in [6.45, 7) is 5.74. The summed E-state index contributed by atoms with van der Waals surface area (Å²) in [7, 11) is 0. The maximum atomic E-state index is 12.0. The molecule has 0 spiro atoms. The molecular weight excluding hydrogens is 246 g/mol. The summed E-state index contributed by atoms with van der Waals surface area (Å²) >= 11 is 0. The second-order valence-electron chi connectivity index (χ2n) is 4.57. The monoisotopic (exact) mass is 265 g/mol. The van der Waals surface area contributed by atoms with Crippen molar-refractivity contribution in [2.45, 2.75) is 33.6 Å². The molecule has 19 heavy (non-hydrogen) atoms. The van der Waals surface area contributed by atoms with Crippen LogP contribution in [0.1, 0.15) is 41.5 Å². The van der Waals surface area contributed by atoms with Crippen LogP contribution in [0.2, 0.25) is 0 Å². The number of aromatic nitrogens is 2. The molecule has 1 aromatic heterocycles. The molecule has 0 saturated heterocycles. The molecule has 0 aliphatic heterocycles. The number of aliphatic carboxylic acids is 1. The SMILES string of the molecule is CCC(CNC(=O)c1cc(C)nnc1C)CC(=O)O. The molecule has 0 radical (unpaired) electrons. The highest BCUT2D eigenvalue weighted by Gasteiger charge is 2.15. The van der Waals surface area contributed by atoms with E-state index in [1.807, 2.05) is 6.92 Å². The van der Waals surface area contributed by atoms with Crippen molar-refractivity contribution in [3.05, 3.63) is 23.0 Å². The van der Waals surface area contributed by atoms with Gasteiger partial charge in [0.05, 0.1) is 17.0 Å². The number of rotatable bonds is 6. The average molecular weight is 265 g/mol. The number of carbonyl (C=O) groups excluding carboxylic acids is 1. The Morgan fingerprint density at radius 3 is 2.63 bits per heavy atom. The van der Waals surface area contributed by atoms with Gasteiger partial charge in [0.2, 0.25) is 0 Å². The third-order valence-corrected chi connectivity index (χ3v) is 2.94. The van der Waals surface area contributed by atoms with Crippen LogP contribution >= 0.6 is 0 Å². The Morgan fingerprint density at radius 2 is 2.05 bits per heavy atom. The Hall–Kier alpha value is -1.98. The number of carboxylic acids is 1. The molecule has 6 heteroatoms. The molecule has 104 valence electrons. The van der Waals surface area contributed by atoms with Gasteiger partial charge in [-0.05, 0) is 25.8 Å². The predicted molar refractivity (Wildman–Crippen MR) is 69.9 cm³/mol. The van der Waals surface area contributed by atoms with Crippen molar-refractivity contribution in [2.24, 2.45) is 5.92 Å². The first-order chi connectivity index (χ1) is 8.93. The van der Waals surface area contributed by atoms with Gasteiger partial charge in [-0.3, -0.25) is 9.59 Å². The quantitative estimate of drug-likeness (QED) is 0.809. The van der Waals surface area contributed by atoms with Crippen molar-refractivity contribution in [1.82, 2.24) is 15.5 Å². The number of nitrogens with one attached hydrogen (secondary N) is 1. The number of hydrogen-bond donors (Lipinski definition) is 2. The lowest BCUT2D eigenvalue weighted by atomic mass is 10.0. The van der Waals surface area contributed by atoms with Gasteiger partial charge in [0.15, 0.2) is 0 Å². The molecule has 2 N–H and O–H groups in total. The fourth-order valence-electron chi connectivity index (χ4n) is 1.72. The van der Waals surface area contributed by atoms with E-state index in [2.05, 4.69) is 15.5 Å². The molecule has 0 saturated carbocycles. The second-order valence-corrected chi connectivity index (χ2v) is 4.57. The molecule has 0 bridgehead atoms. The van der Waals surface area contributed by atoms with Crippen molar-refractivity contribution >= 4 is 11.9 Å². The number of carbonyl (C=O) groups is 2. The molecule has 0 aromatic carbocycles. The molecule has 1 heterocycles. The Morgan fingerprint density at radius 1 is 1.37 bits per heavy atom. The average Bonchev–Trinajstić information content (AvgIpc) is 2.36. The van der Waals surface area contributed by atoms with E-state index in [4.69, 9.17) is 5.11 Å². The zero-order chi connectivity index (χ0) is 14.4. The van der Waals surface area contributed by atoms with Crippen LogP contribution in [0, 0.1) is 19.8 Å². The Bertz CT molecular complexity index is 474. The predicted octanol–water partition coefficient (Wildman–Crippen LogP) is 1.32. The summed E-state index contributed by atoms with van der Waals surface area (Å²) in [6.07, 6.45) is 0.766. The highest BCUT2D eigenvalue weighted by molar-refractivity contribution is 5.95. The molecule has 1 unspecified atom stereocenters. The van der Waals surface area contributed by atoms with Crippen molar-refractivity contribution in [3.8, 4) is 0 Å². The smallest absolute Gasteiger partial charge is 0.303 e. The van der Waals surface area contributed by atoms with Crippen LogP contribution in [0.15, 0.2) is 6.07 Å². The number of carboxylic acid groups (broad SMARTS) is 1. The normalized spacial score (nSPS) is 11.9. The third kappa shape index (κ3) is 4.65. The van der Waals surface area contributed by atoms with E-state index in [9.17, 15) is 9.59 Å². The van der Waals surface area contributed by atoms with E-state index in [1.54, 1.807) is 19.9 Å². The Labute approximate surface area is 112 Å². The van der Waals surface area contributed by atoms with Crippen LogP contribution in [0.25, 0.3) is 0 Å². The van der Waals surface area contributed by atoms with Gasteiger partial charge < -0.3 is 10.4 Å². The van der Waals surface area contributed by atoms with Gasteiger partial charge in [-0.2, -0.15) is 10.2 Å². The first-order valence-electron chi connectivity index (χ1n) is 6.25. The minimum Gasteiger partial charge on any atom is -0.481 e. The molecule has 1 amide bonds. The van der Waals surface area contributed by atoms with Crippen molar-refractivity contribution in [2.75, 3.05) is 6.54 Å². The van der Waals surface area contributed by atoms with Crippen LogP contribution in [0.3, 0.4) is 0 Å². The van der Waals surface area contributed by atoms with Gasteiger partial charge in [-0.25, -0.2) is 0 Å². The number of hydrogen-bond acceptors (Lipinski definition) is 4. The molecule has 0 aliphatic rings. The highest BCUT2D eigenvalue weighted by Crippen LogP contribution is 2.09. The molecule has 1 rings (SSSR count). The molecule has 1 atom stereocenters. The van der Waals surface area contributed by atoms with Gasteiger partial charge in [-0.15, -0.1) is 0 Å². The van der Waals surface area contributed by atoms with E-state index in [0.29, 0.717) is 29.9 Å². The van der Waals surface area contributed by atoms with E-state index in [-0.39, 0.29) is 18.2 Å². The molecule has 0 aliphatic carbocycles. The summed E-state index contributed by atoms with van der Waals surface area (Å²) in [6, 6.07) is 1.68. The minimum atomic E-state index is -0.848. The van der Waals surface area contributed by atoms with Crippen LogP contribution in [0.5, 0.6) is 0 Å². The van der Waals surface area contributed by atoms with Gasteiger partial charge in [0, 0.05) is 13.0 Å². The maximum absolute atomic E-state index is 12.0. The topological polar surface area (TPSA) is 92.2 Å². The first-order valence-corrected chi connectivity index (χ1v) is 6.25. The van der Waals surface area contributed by atoms with E-state index >= 15 is 0 Å². The zero-order valence-corrected chi connectivity index (χ0v) is 11.4. The lowest BCUT2D eigenvalue weighted by molar-refractivity contribution is -0.138. The molecule has 1 aromatic rings. The van der Waals surface area contributed by atoms with Gasteiger partial charge in [0.1, 0.15) is 0 Å². The van der Waals surface area contributed by atoms with Crippen LogP contribution in [0.4, 0.5) is 0 Å². The lowest BCUT2D eigenvalue weighted by Gasteiger charge is -2.14. The molecule has 6 nitrogen and oxygen atoms in total. The Balaban J connectivity index is 2.64. The summed E-state index contributed by atoms with van der Waals surface area (Å²) in [5, 5.41) is 19.3. The zero-order valence-electron chi connectivity index (χ0n) is 11.4. The van der Waals surface area contributed by atoms with Crippen molar-refractivity contribution in [3.63, 3.8) is 0 Å². The lowest BCUT2D eigenvalue weighted by Crippen LogP contribution is -2.31. The molecular formula is C13H19N3O3. The van der Waals surface area contributed by atoms with Gasteiger partial charge in [0.25, 0.3) is 5.91 Å². The van der Waals surface area contributed by atoms with Crippen LogP contribution in [-0.4, -0.2) is 33.7 Å². The number of nitrogens with zero attached hydrogens (tertiary/aromatic N) is 2. The largest absolute Gasteiger partial charge is 0.481 e. The summed E-state index contributed by atoms with van der Waals surface area (Å²) < 4.78 is 0. The number of amides is 1. The summed E-state index contributed by atoms with van der Waals surface area (Å²) in [4.78, 5) is 22.6. The summed E-state index contributed by atoms with van der Waals surface area (Å²) in [5.41, 5.74) is 1.72. The highest BCUT2D eigenvalue weighted by atomic mass is 16.4. The van der Waals surface area contributed by atoms with Crippen LogP contribution in [-0.2, 0) is 4.79 Å². The standard InChI is InChI=1S/C13H19N3O3/c1-4-10(6-12(17)18)7-14-13(19)11-5-8(2)15-16-9(11)3/h5,10H,4,6-7H2,1-3H3,(H,14,19)(H,17,18). The minimum absolute atomic E-state index is 0.0577. The van der Waals surface area contributed by atoms with E-state index < -0.39 is 5.97 Å². The van der Waals surface area contributed by atoms with Crippen molar-refractivity contribution < 1.29 is 14.7 Å². The molecule has 0 fully saturated rings. The summed E-state index contributed by atoms with van der Waals surface area (Å²) in [5.74, 6) is -1.14. The number of aryl methyl sites for hydroxylation is 2. The second kappa shape index (κ2) is 6.82. The maximum Gasteiger partial charge on any atom is 0.303 e.